The van der Waals surface area contributed by atoms with Gasteiger partial charge in [0.2, 0.25) is 0 Å². The SMILES string of the molecule is CC(C)O.CC(C)O.CCCCCCCC/C=C\CCCCCCCC(=O)O.CCCCCCCC/C=C\CCCCCCCC(=O)O.[Ti]. The molecule has 7 heteroatoms. The normalized spacial score (nSPS) is 10.7. The van der Waals surface area contributed by atoms with Gasteiger partial charge in [0.05, 0.1) is 0 Å². The van der Waals surface area contributed by atoms with E-state index in [4.69, 9.17) is 20.4 Å². The Balaban J connectivity index is -0.000000212. The Labute approximate surface area is 320 Å². The van der Waals surface area contributed by atoms with Crippen molar-refractivity contribution in [3.8, 4) is 0 Å². The molecule has 6 nitrogen and oxygen atoms in total. The van der Waals surface area contributed by atoms with Gasteiger partial charge in [0.1, 0.15) is 0 Å². The second kappa shape index (κ2) is 53.8. The summed E-state index contributed by atoms with van der Waals surface area (Å²) in [6.45, 7) is 11.4. The van der Waals surface area contributed by atoms with E-state index in [1.165, 1.54) is 141 Å². The number of unbranched alkanes of at least 4 members (excludes halogenated alkanes) is 22. The maximum Gasteiger partial charge on any atom is 0.303 e. The zero-order valence-electron chi connectivity index (χ0n) is 33.4. The molecule has 0 atom stereocenters. The topological polar surface area (TPSA) is 115 Å². The molecule has 0 aliphatic heterocycles. The Hall–Kier alpha value is -0.946. The first-order valence-electron chi connectivity index (χ1n) is 20.1. The van der Waals surface area contributed by atoms with E-state index in [0.717, 1.165) is 25.7 Å². The van der Waals surface area contributed by atoms with Crippen LogP contribution in [0.15, 0.2) is 24.3 Å². The molecule has 0 radical (unpaired) electrons. The third-order valence-electron chi connectivity index (χ3n) is 7.30. The summed E-state index contributed by atoms with van der Waals surface area (Å²) < 4.78 is 0. The third-order valence-corrected chi connectivity index (χ3v) is 7.30. The maximum absolute atomic E-state index is 10.3. The fraction of sp³-hybridized carbons (Fsp3) is 0.857. The first-order valence-corrected chi connectivity index (χ1v) is 20.1. The van der Waals surface area contributed by atoms with Gasteiger partial charge in [-0.1, -0.05) is 141 Å². The second-order valence-corrected chi connectivity index (χ2v) is 13.6. The number of allylic oxidation sites excluding steroid dienone is 4. The smallest absolute Gasteiger partial charge is 0.303 e. The molecule has 0 aromatic heterocycles. The fourth-order valence-corrected chi connectivity index (χ4v) is 4.69. The fourth-order valence-electron chi connectivity index (χ4n) is 4.69. The van der Waals surface area contributed by atoms with Crippen LogP contribution in [-0.4, -0.2) is 44.6 Å². The van der Waals surface area contributed by atoms with E-state index in [1.807, 2.05) is 0 Å². The predicted molar refractivity (Wildman–Crippen MR) is 209 cm³/mol. The van der Waals surface area contributed by atoms with Crippen molar-refractivity contribution in [2.75, 3.05) is 0 Å². The summed E-state index contributed by atoms with van der Waals surface area (Å²) in [7, 11) is 0. The van der Waals surface area contributed by atoms with Crippen molar-refractivity contribution >= 4 is 11.9 Å². The Morgan fingerprint density at radius 2 is 0.592 bits per heavy atom. The summed E-state index contributed by atoms with van der Waals surface area (Å²) in [5, 5.41) is 33.1. The minimum absolute atomic E-state index is 0. The number of carboxylic acids is 2. The number of rotatable bonds is 30. The molecule has 0 aliphatic rings. The molecule has 0 heterocycles. The molecular weight excluding hydrogens is 648 g/mol. The van der Waals surface area contributed by atoms with Crippen LogP contribution in [0.25, 0.3) is 0 Å². The standard InChI is InChI=1S/2C18H34O2.2C3H8O.Ti/c2*1-2-3-4-5-6-7-8-9-10-11-12-13-14-15-16-17-18(19)20;2*1-3(2)4;/h2*9-10H,2-8,11-17H2,1H3,(H,19,20);2*3-4H,1-2H3;/b2*10-9-;;;. The quantitative estimate of drug-likeness (QED) is 0.0332. The van der Waals surface area contributed by atoms with Crippen LogP contribution in [0.4, 0.5) is 0 Å². The Morgan fingerprint density at radius 3 is 0.796 bits per heavy atom. The molecule has 0 saturated heterocycles. The molecule has 0 saturated carbocycles. The van der Waals surface area contributed by atoms with Crippen LogP contribution >= 0.6 is 0 Å². The van der Waals surface area contributed by atoms with E-state index >= 15 is 0 Å². The predicted octanol–water partition coefficient (Wildman–Crippen LogP) is 13.0. The summed E-state index contributed by atoms with van der Waals surface area (Å²) in [6.07, 6.45) is 42.1. The first kappa shape index (κ1) is 57.4. The Kier molecular flexibility index (Phi) is 63.1. The molecule has 0 aliphatic carbocycles. The number of hydrogen-bond donors (Lipinski definition) is 4. The summed E-state index contributed by atoms with van der Waals surface area (Å²) in [4.78, 5) is 20.6. The summed E-state index contributed by atoms with van der Waals surface area (Å²) in [5.74, 6) is -1.33. The number of aliphatic hydroxyl groups is 2. The molecule has 0 spiro atoms. The van der Waals surface area contributed by atoms with Crippen LogP contribution in [0.1, 0.15) is 221 Å². The zero-order valence-corrected chi connectivity index (χ0v) is 34.9. The van der Waals surface area contributed by atoms with Crippen LogP contribution in [0.2, 0.25) is 0 Å². The van der Waals surface area contributed by atoms with Gasteiger partial charge in [0, 0.05) is 46.8 Å². The molecule has 0 aromatic rings. The van der Waals surface area contributed by atoms with Crippen molar-refractivity contribution < 1.29 is 51.7 Å². The molecular formula is C42H84O6Ti. The van der Waals surface area contributed by atoms with Gasteiger partial charge in [-0.3, -0.25) is 9.59 Å². The van der Waals surface area contributed by atoms with Crippen molar-refractivity contribution in [3.63, 3.8) is 0 Å². The Bertz CT molecular complexity index is 602. The summed E-state index contributed by atoms with van der Waals surface area (Å²) >= 11 is 0. The zero-order chi connectivity index (χ0) is 36.9. The van der Waals surface area contributed by atoms with Gasteiger partial charge in [-0.25, -0.2) is 0 Å². The van der Waals surface area contributed by atoms with Gasteiger partial charge in [-0.15, -0.1) is 0 Å². The molecule has 0 bridgehead atoms. The van der Waals surface area contributed by atoms with E-state index in [-0.39, 0.29) is 33.9 Å². The largest absolute Gasteiger partial charge is 0.481 e. The van der Waals surface area contributed by atoms with Gasteiger partial charge in [-0.05, 0) is 91.9 Å². The molecule has 4 N–H and O–H groups in total. The van der Waals surface area contributed by atoms with E-state index < -0.39 is 11.9 Å². The number of carbonyl (C=O) groups is 2. The Morgan fingerprint density at radius 1 is 0.408 bits per heavy atom. The summed E-state index contributed by atoms with van der Waals surface area (Å²) in [6, 6.07) is 0. The molecule has 0 fully saturated rings. The minimum atomic E-state index is -0.664. The van der Waals surface area contributed by atoms with Crippen LogP contribution in [0, 0.1) is 0 Å². The van der Waals surface area contributed by atoms with Gasteiger partial charge in [-0.2, -0.15) is 0 Å². The number of carboxylic acid groups (broad SMARTS) is 2. The number of aliphatic carboxylic acids is 2. The van der Waals surface area contributed by atoms with Crippen molar-refractivity contribution in [2.45, 2.75) is 234 Å². The van der Waals surface area contributed by atoms with Crippen LogP contribution in [-0.2, 0) is 31.3 Å². The van der Waals surface area contributed by atoms with Gasteiger partial charge in [0.15, 0.2) is 0 Å². The van der Waals surface area contributed by atoms with Crippen LogP contribution in [0.5, 0.6) is 0 Å². The van der Waals surface area contributed by atoms with Crippen molar-refractivity contribution in [1.29, 1.82) is 0 Å². The van der Waals surface area contributed by atoms with Gasteiger partial charge < -0.3 is 20.4 Å². The molecule has 0 amide bonds. The molecule has 49 heavy (non-hydrogen) atoms. The third kappa shape index (κ3) is 87.4. The minimum Gasteiger partial charge on any atom is -0.481 e. The van der Waals surface area contributed by atoms with Gasteiger partial charge >= 0.3 is 11.9 Å². The molecule has 292 valence electrons. The molecule has 0 unspecified atom stereocenters. The second-order valence-electron chi connectivity index (χ2n) is 13.6. The van der Waals surface area contributed by atoms with Crippen molar-refractivity contribution in [1.82, 2.24) is 0 Å². The average Bonchev–Trinajstić information content (AvgIpc) is 3.00. The summed E-state index contributed by atoms with van der Waals surface area (Å²) in [5.41, 5.74) is 0. The van der Waals surface area contributed by atoms with Crippen molar-refractivity contribution in [3.05, 3.63) is 24.3 Å². The molecule has 0 aromatic carbocycles. The van der Waals surface area contributed by atoms with E-state index in [0.29, 0.717) is 12.8 Å². The first-order chi connectivity index (χ1) is 23.0. The van der Waals surface area contributed by atoms with E-state index in [9.17, 15) is 9.59 Å². The number of hydrogen-bond acceptors (Lipinski definition) is 4. The maximum atomic E-state index is 10.3. The average molecular weight is 733 g/mol. The van der Waals surface area contributed by atoms with E-state index in [1.54, 1.807) is 27.7 Å². The van der Waals surface area contributed by atoms with Crippen LogP contribution < -0.4 is 0 Å². The number of aliphatic hydroxyl groups excluding tert-OH is 2. The van der Waals surface area contributed by atoms with Gasteiger partial charge in [0.25, 0.3) is 0 Å². The van der Waals surface area contributed by atoms with Crippen molar-refractivity contribution in [2.24, 2.45) is 0 Å². The monoisotopic (exact) mass is 733 g/mol. The van der Waals surface area contributed by atoms with E-state index in [2.05, 4.69) is 38.2 Å². The molecule has 0 rings (SSSR count). The van der Waals surface area contributed by atoms with Crippen LogP contribution in [0.3, 0.4) is 0 Å².